The number of carbonyl (C=O) groups is 1. The largest absolute Gasteiger partial charge is 0.468 e. The van der Waals surface area contributed by atoms with Gasteiger partial charge in [0.2, 0.25) is 0 Å². The highest BCUT2D eigenvalue weighted by Gasteiger charge is 2.40. The average Bonchev–Trinajstić information content (AvgIpc) is 2.12. The minimum atomic E-state index is -0.784. The highest BCUT2D eigenvalue weighted by Crippen LogP contribution is 2.29. The van der Waals surface area contributed by atoms with Crippen LogP contribution in [0.1, 0.15) is 13.8 Å². The maximum atomic E-state index is 11.4. The van der Waals surface area contributed by atoms with Crippen molar-refractivity contribution < 1.29 is 9.53 Å². The zero-order chi connectivity index (χ0) is 10.5. The van der Waals surface area contributed by atoms with Crippen LogP contribution in [0.4, 0.5) is 0 Å². The highest BCUT2D eigenvalue weighted by atomic mass is 79.9. The number of alkyl halides is 1. The van der Waals surface area contributed by atoms with Gasteiger partial charge in [0.15, 0.2) is 0 Å². The Balaban J connectivity index is 4.71. The summed E-state index contributed by atoms with van der Waals surface area (Å²) in [7, 11) is 1.35. The van der Waals surface area contributed by atoms with Crippen LogP contribution < -0.4 is 0 Å². The van der Waals surface area contributed by atoms with Crippen LogP contribution in [0.25, 0.3) is 0 Å². The van der Waals surface area contributed by atoms with Crippen LogP contribution in [0.3, 0.4) is 0 Å². The standard InChI is InChI=1S/C8H12BrNO2S/c1-6(2)8(9,4-10-5-13)7(11)12-3/h6H,4H2,1-3H3. The van der Waals surface area contributed by atoms with Gasteiger partial charge in [-0.15, -0.1) is 0 Å². The lowest BCUT2D eigenvalue weighted by atomic mass is 9.96. The summed E-state index contributed by atoms with van der Waals surface area (Å²) < 4.78 is 3.88. The fraction of sp³-hybridized carbons (Fsp3) is 0.750. The van der Waals surface area contributed by atoms with E-state index in [-0.39, 0.29) is 18.4 Å². The van der Waals surface area contributed by atoms with Crippen LogP contribution in [0.15, 0.2) is 4.99 Å². The molecule has 0 saturated carbocycles. The van der Waals surface area contributed by atoms with Gasteiger partial charge in [-0.25, -0.2) is 4.99 Å². The monoisotopic (exact) mass is 265 g/mol. The third-order valence-electron chi connectivity index (χ3n) is 1.81. The zero-order valence-corrected chi connectivity index (χ0v) is 10.2. The van der Waals surface area contributed by atoms with E-state index in [2.05, 4.69) is 43.0 Å². The van der Waals surface area contributed by atoms with Crippen molar-refractivity contribution in [1.29, 1.82) is 0 Å². The second-order valence-electron chi connectivity index (χ2n) is 2.92. The number of ether oxygens (including phenoxy) is 1. The Hall–Kier alpha value is -0.250. The minimum absolute atomic E-state index is 0.0760. The number of carbonyl (C=O) groups excluding carboxylic acids is 1. The van der Waals surface area contributed by atoms with Crippen molar-refractivity contribution in [2.24, 2.45) is 10.9 Å². The van der Waals surface area contributed by atoms with Crippen molar-refractivity contribution in [3.8, 4) is 0 Å². The number of hydrogen-bond acceptors (Lipinski definition) is 4. The molecule has 0 spiro atoms. The summed E-state index contributed by atoms with van der Waals surface area (Å²) in [4.78, 5) is 15.1. The second-order valence-corrected chi connectivity index (χ2v) is 4.51. The Labute approximate surface area is 91.7 Å². The molecule has 0 aromatic rings. The molecule has 0 aliphatic carbocycles. The predicted molar refractivity (Wildman–Crippen MR) is 58.4 cm³/mol. The fourth-order valence-electron chi connectivity index (χ4n) is 0.800. The van der Waals surface area contributed by atoms with Gasteiger partial charge in [0, 0.05) is 0 Å². The van der Waals surface area contributed by atoms with Crippen molar-refractivity contribution >= 4 is 39.3 Å². The fourth-order valence-corrected chi connectivity index (χ4v) is 1.15. The van der Waals surface area contributed by atoms with E-state index in [1.807, 2.05) is 13.8 Å². The SMILES string of the molecule is COC(=O)C(Br)(CN=C=S)C(C)C. The Bertz CT molecular complexity index is 238. The van der Waals surface area contributed by atoms with E-state index in [0.29, 0.717) is 0 Å². The first-order chi connectivity index (χ1) is 5.99. The van der Waals surface area contributed by atoms with Crippen molar-refractivity contribution in [3.63, 3.8) is 0 Å². The van der Waals surface area contributed by atoms with E-state index < -0.39 is 4.32 Å². The highest BCUT2D eigenvalue weighted by molar-refractivity contribution is 9.10. The van der Waals surface area contributed by atoms with Crippen LogP contribution in [0.5, 0.6) is 0 Å². The molecule has 0 aromatic heterocycles. The van der Waals surface area contributed by atoms with Gasteiger partial charge in [-0.2, -0.15) is 0 Å². The summed E-state index contributed by atoms with van der Waals surface area (Å²) in [6.07, 6.45) is 0. The molecule has 5 heteroatoms. The molecule has 0 N–H and O–H groups in total. The van der Waals surface area contributed by atoms with E-state index in [1.54, 1.807) is 0 Å². The van der Waals surface area contributed by atoms with Crippen LogP contribution in [0, 0.1) is 5.92 Å². The number of halogens is 1. The summed E-state index contributed by atoms with van der Waals surface area (Å²) in [6.45, 7) is 4.07. The van der Waals surface area contributed by atoms with Gasteiger partial charge in [0.25, 0.3) is 0 Å². The predicted octanol–water partition coefficient (Wildman–Crippen LogP) is 2.05. The molecule has 1 unspecified atom stereocenters. The molecule has 1 atom stereocenters. The number of hydrogen-bond donors (Lipinski definition) is 0. The molecule has 13 heavy (non-hydrogen) atoms. The summed E-state index contributed by atoms with van der Waals surface area (Å²) >= 11 is 7.76. The molecular weight excluding hydrogens is 254 g/mol. The quantitative estimate of drug-likeness (QED) is 0.338. The van der Waals surface area contributed by atoms with Gasteiger partial charge in [-0.1, -0.05) is 29.8 Å². The summed E-state index contributed by atoms with van der Waals surface area (Å²) in [5.74, 6) is -0.261. The molecule has 0 fully saturated rings. The third-order valence-corrected chi connectivity index (χ3v) is 3.43. The van der Waals surface area contributed by atoms with Gasteiger partial charge in [-0.3, -0.25) is 4.79 Å². The number of aliphatic imine (C=N–C) groups is 1. The van der Waals surface area contributed by atoms with Crippen LogP contribution >= 0.6 is 28.1 Å². The average molecular weight is 266 g/mol. The van der Waals surface area contributed by atoms with Crippen molar-refractivity contribution in [2.45, 2.75) is 18.2 Å². The second kappa shape index (κ2) is 5.47. The molecule has 0 aromatic carbocycles. The molecule has 0 bridgehead atoms. The first kappa shape index (κ1) is 12.8. The van der Waals surface area contributed by atoms with Gasteiger partial charge < -0.3 is 4.74 Å². The minimum Gasteiger partial charge on any atom is -0.468 e. The number of rotatable bonds is 4. The lowest BCUT2D eigenvalue weighted by Crippen LogP contribution is -2.41. The van der Waals surface area contributed by atoms with E-state index in [1.165, 1.54) is 7.11 Å². The summed E-state index contributed by atoms with van der Waals surface area (Å²) in [5, 5.41) is 2.23. The molecule has 74 valence electrons. The van der Waals surface area contributed by atoms with Gasteiger partial charge in [0.1, 0.15) is 4.32 Å². The maximum Gasteiger partial charge on any atom is 0.324 e. The van der Waals surface area contributed by atoms with Gasteiger partial charge in [0.05, 0.1) is 18.8 Å². The lowest BCUT2D eigenvalue weighted by Gasteiger charge is -2.26. The topological polar surface area (TPSA) is 38.7 Å². The van der Waals surface area contributed by atoms with Crippen LogP contribution in [-0.4, -0.2) is 29.1 Å². The number of nitrogens with zero attached hydrogens (tertiary/aromatic N) is 1. The van der Waals surface area contributed by atoms with Crippen LogP contribution in [-0.2, 0) is 9.53 Å². The molecule has 0 aliphatic heterocycles. The molecule has 3 nitrogen and oxygen atoms in total. The molecule has 0 rings (SSSR count). The summed E-state index contributed by atoms with van der Waals surface area (Å²) in [5.41, 5.74) is 0. The number of esters is 1. The number of thiocarbonyl (C=S) groups is 1. The van der Waals surface area contributed by atoms with Crippen molar-refractivity contribution in [2.75, 3.05) is 13.7 Å². The zero-order valence-electron chi connectivity index (χ0n) is 7.83. The Kier molecular flexibility index (Phi) is 5.37. The molecular formula is C8H12BrNO2S. The van der Waals surface area contributed by atoms with E-state index in [9.17, 15) is 4.79 Å². The number of isothiocyanates is 1. The smallest absolute Gasteiger partial charge is 0.324 e. The molecule has 0 aliphatic rings. The maximum absolute atomic E-state index is 11.4. The Morgan fingerprint density at radius 3 is 2.62 bits per heavy atom. The molecule has 0 saturated heterocycles. The van der Waals surface area contributed by atoms with Gasteiger partial charge >= 0.3 is 5.97 Å². The number of methoxy groups -OCH3 is 1. The molecule has 0 radical (unpaired) electrons. The van der Waals surface area contributed by atoms with Crippen LogP contribution in [0.2, 0.25) is 0 Å². The first-order valence-electron chi connectivity index (χ1n) is 3.80. The summed E-state index contributed by atoms with van der Waals surface area (Å²) in [6, 6.07) is 0. The third kappa shape index (κ3) is 3.18. The van der Waals surface area contributed by atoms with E-state index >= 15 is 0 Å². The van der Waals surface area contributed by atoms with E-state index in [0.717, 1.165) is 0 Å². The van der Waals surface area contributed by atoms with Crippen molar-refractivity contribution in [1.82, 2.24) is 0 Å². The Morgan fingerprint density at radius 1 is 1.77 bits per heavy atom. The normalized spacial score (nSPS) is 14.5. The Morgan fingerprint density at radius 2 is 2.31 bits per heavy atom. The lowest BCUT2D eigenvalue weighted by molar-refractivity contribution is -0.144. The van der Waals surface area contributed by atoms with Gasteiger partial charge in [-0.05, 0) is 18.1 Å². The van der Waals surface area contributed by atoms with Crippen molar-refractivity contribution in [3.05, 3.63) is 0 Å². The molecule has 0 amide bonds. The molecule has 0 heterocycles. The first-order valence-corrected chi connectivity index (χ1v) is 5.00. The van der Waals surface area contributed by atoms with E-state index in [4.69, 9.17) is 0 Å².